The van der Waals surface area contributed by atoms with Crippen molar-refractivity contribution in [3.63, 3.8) is 0 Å². The molecule has 0 bridgehead atoms. The molecule has 0 atom stereocenters. The number of nitrogens with zero attached hydrogens (tertiary/aromatic N) is 6. The summed E-state index contributed by atoms with van der Waals surface area (Å²) in [6, 6.07) is 16.1. The number of fused-ring (bicyclic) bond motifs is 2. The quantitative estimate of drug-likeness (QED) is 0.517. The summed E-state index contributed by atoms with van der Waals surface area (Å²) in [5, 5.41) is 13.5. The Kier molecular flexibility index (Phi) is 4.33. The van der Waals surface area contributed by atoms with Gasteiger partial charge >= 0.3 is 0 Å². The van der Waals surface area contributed by atoms with E-state index in [1.807, 2.05) is 64.3 Å². The average molecular weight is 412 g/mol. The summed E-state index contributed by atoms with van der Waals surface area (Å²) in [6.45, 7) is 1.44. The predicted molar refractivity (Wildman–Crippen MR) is 116 cm³/mol. The van der Waals surface area contributed by atoms with E-state index in [9.17, 15) is 4.79 Å². The highest BCUT2D eigenvalue weighted by Gasteiger charge is 2.32. The number of rotatable bonds is 3. The number of para-hydroxylation sites is 1. The lowest BCUT2D eigenvalue weighted by atomic mass is 9.95. The molecular formula is C24H24N6O. The largest absolute Gasteiger partial charge is 0.337 e. The van der Waals surface area contributed by atoms with Crippen LogP contribution < -0.4 is 0 Å². The van der Waals surface area contributed by atoms with Crippen LogP contribution in [-0.2, 0) is 12.8 Å². The van der Waals surface area contributed by atoms with Crippen molar-refractivity contribution in [1.29, 1.82) is 0 Å². The van der Waals surface area contributed by atoms with Crippen molar-refractivity contribution in [2.75, 3.05) is 13.1 Å². The van der Waals surface area contributed by atoms with E-state index in [-0.39, 0.29) is 5.91 Å². The van der Waals surface area contributed by atoms with Crippen LogP contribution in [0, 0.1) is 0 Å². The number of pyridine rings is 1. The van der Waals surface area contributed by atoms with E-state index < -0.39 is 0 Å². The molecule has 4 aromatic rings. The Morgan fingerprint density at radius 3 is 2.58 bits per heavy atom. The van der Waals surface area contributed by atoms with Crippen molar-refractivity contribution in [2.45, 2.75) is 38.0 Å². The molecule has 0 unspecified atom stereocenters. The molecule has 156 valence electrons. The molecule has 0 spiro atoms. The number of piperidine rings is 1. The molecule has 7 nitrogen and oxygen atoms in total. The summed E-state index contributed by atoms with van der Waals surface area (Å²) in [7, 11) is 0. The SMILES string of the molecule is O=C(c1nn(-c2ccccc2)c2c1CCC2)N1CCC(c2nnc3ccccn23)CC1. The topological polar surface area (TPSA) is 68.3 Å². The van der Waals surface area contributed by atoms with Gasteiger partial charge in [0, 0.05) is 36.5 Å². The molecule has 31 heavy (non-hydrogen) atoms. The summed E-state index contributed by atoms with van der Waals surface area (Å²) >= 11 is 0. The van der Waals surface area contributed by atoms with E-state index in [1.54, 1.807) is 0 Å². The minimum atomic E-state index is 0.0670. The molecule has 7 heteroatoms. The van der Waals surface area contributed by atoms with Crippen molar-refractivity contribution in [2.24, 2.45) is 0 Å². The third-order valence-corrected chi connectivity index (χ3v) is 6.62. The number of hydrogen-bond donors (Lipinski definition) is 0. The Balaban J connectivity index is 1.23. The Morgan fingerprint density at radius 2 is 1.74 bits per heavy atom. The molecule has 1 aromatic carbocycles. The van der Waals surface area contributed by atoms with Gasteiger partial charge in [-0.2, -0.15) is 5.10 Å². The summed E-state index contributed by atoms with van der Waals surface area (Å²) in [6.07, 6.45) is 6.80. The predicted octanol–water partition coefficient (Wildman–Crippen LogP) is 3.42. The smallest absolute Gasteiger partial charge is 0.274 e. The molecule has 0 radical (unpaired) electrons. The van der Waals surface area contributed by atoms with Crippen LogP contribution in [0.25, 0.3) is 11.3 Å². The molecule has 3 aromatic heterocycles. The first-order valence-corrected chi connectivity index (χ1v) is 11.0. The standard InChI is InChI=1S/C24H24N6O/c31-24(22-19-9-6-10-20(19)30(27-22)18-7-2-1-3-8-18)28-15-12-17(13-16-28)23-26-25-21-11-4-5-14-29(21)23/h1-5,7-8,11,14,17H,6,9-10,12-13,15-16H2. The van der Waals surface area contributed by atoms with E-state index in [1.165, 1.54) is 5.69 Å². The summed E-state index contributed by atoms with van der Waals surface area (Å²) in [5.74, 6) is 1.38. The fourth-order valence-electron chi connectivity index (χ4n) is 5.02. The number of likely N-dealkylation sites (tertiary alicyclic amines) is 1. The molecule has 1 saturated heterocycles. The Bertz CT molecular complexity index is 1250. The van der Waals surface area contributed by atoms with Crippen LogP contribution in [0.3, 0.4) is 0 Å². The second-order valence-electron chi connectivity index (χ2n) is 8.43. The molecule has 4 heterocycles. The highest BCUT2D eigenvalue weighted by molar-refractivity contribution is 5.94. The summed E-state index contributed by atoms with van der Waals surface area (Å²) in [5.41, 5.74) is 4.87. The molecule has 1 fully saturated rings. The van der Waals surface area contributed by atoms with Gasteiger partial charge in [0.05, 0.1) is 5.69 Å². The molecule has 1 aliphatic heterocycles. The lowest BCUT2D eigenvalue weighted by Crippen LogP contribution is -2.38. The summed E-state index contributed by atoms with van der Waals surface area (Å²) < 4.78 is 4.04. The van der Waals surface area contributed by atoms with Gasteiger partial charge in [-0.3, -0.25) is 9.20 Å². The molecule has 1 amide bonds. The van der Waals surface area contributed by atoms with Crippen LogP contribution in [0.4, 0.5) is 0 Å². The number of hydrogen-bond acceptors (Lipinski definition) is 4. The van der Waals surface area contributed by atoms with Gasteiger partial charge in [0.15, 0.2) is 11.3 Å². The zero-order valence-electron chi connectivity index (χ0n) is 17.3. The highest BCUT2D eigenvalue weighted by atomic mass is 16.2. The van der Waals surface area contributed by atoms with Crippen molar-refractivity contribution in [1.82, 2.24) is 29.3 Å². The van der Waals surface area contributed by atoms with Gasteiger partial charge < -0.3 is 4.90 Å². The molecule has 6 rings (SSSR count). The van der Waals surface area contributed by atoms with Gasteiger partial charge in [-0.05, 0) is 56.4 Å². The molecule has 2 aliphatic rings. The van der Waals surface area contributed by atoms with Crippen molar-refractivity contribution in [3.05, 3.63) is 77.5 Å². The monoisotopic (exact) mass is 412 g/mol. The Labute approximate surface area is 180 Å². The molecule has 0 N–H and O–H groups in total. The van der Waals surface area contributed by atoms with Crippen LogP contribution in [0.5, 0.6) is 0 Å². The van der Waals surface area contributed by atoms with Crippen molar-refractivity contribution < 1.29 is 4.79 Å². The van der Waals surface area contributed by atoms with E-state index in [0.29, 0.717) is 11.6 Å². The third kappa shape index (κ3) is 3.03. The van der Waals surface area contributed by atoms with E-state index in [0.717, 1.165) is 67.9 Å². The lowest BCUT2D eigenvalue weighted by Gasteiger charge is -2.31. The zero-order chi connectivity index (χ0) is 20.8. The number of carbonyl (C=O) groups is 1. The molecular weight excluding hydrogens is 388 g/mol. The normalized spacial score (nSPS) is 16.7. The fourth-order valence-corrected chi connectivity index (χ4v) is 5.02. The number of aromatic nitrogens is 5. The summed E-state index contributed by atoms with van der Waals surface area (Å²) in [4.78, 5) is 15.4. The first-order valence-electron chi connectivity index (χ1n) is 11.0. The van der Waals surface area contributed by atoms with Gasteiger partial charge in [-0.25, -0.2) is 4.68 Å². The minimum Gasteiger partial charge on any atom is -0.337 e. The van der Waals surface area contributed by atoms with Gasteiger partial charge in [-0.1, -0.05) is 24.3 Å². The number of carbonyl (C=O) groups excluding carboxylic acids is 1. The average Bonchev–Trinajstić information content (AvgIpc) is 3.54. The molecule has 1 aliphatic carbocycles. The maximum absolute atomic E-state index is 13.4. The van der Waals surface area contributed by atoms with E-state index in [2.05, 4.69) is 14.6 Å². The van der Waals surface area contributed by atoms with Crippen LogP contribution in [0.1, 0.15) is 52.8 Å². The number of amides is 1. The maximum atomic E-state index is 13.4. The zero-order valence-corrected chi connectivity index (χ0v) is 17.3. The first kappa shape index (κ1) is 18.3. The lowest BCUT2D eigenvalue weighted by molar-refractivity contribution is 0.0703. The van der Waals surface area contributed by atoms with E-state index >= 15 is 0 Å². The Hall–Kier alpha value is -3.48. The van der Waals surface area contributed by atoms with Crippen LogP contribution >= 0.6 is 0 Å². The van der Waals surface area contributed by atoms with Crippen LogP contribution in [-0.4, -0.2) is 48.3 Å². The number of benzene rings is 1. The second-order valence-corrected chi connectivity index (χ2v) is 8.43. The first-order chi connectivity index (χ1) is 15.3. The maximum Gasteiger partial charge on any atom is 0.274 e. The second kappa shape index (κ2) is 7.34. The third-order valence-electron chi connectivity index (χ3n) is 6.62. The fraction of sp³-hybridized carbons (Fsp3) is 0.333. The molecule has 0 saturated carbocycles. The van der Waals surface area contributed by atoms with Crippen molar-refractivity contribution in [3.8, 4) is 5.69 Å². The minimum absolute atomic E-state index is 0.0670. The van der Waals surface area contributed by atoms with Gasteiger partial charge in [-0.15, -0.1) is 10.2 Å². The van der Waals surface area contributed by atoms with Gasteiger partial charge in [0.1, 0.15) is 5.82 Å². The Morgan fingerprint density at radius 1 is 0.935 bits per heavy atom. The van der Waals surface area contributed by atoms with Crippen molar-refractivity contribution >= 4 is 11.6 Å². The van der Waals surface area contributed by atoms with Gasteiger partial charge in [0.25, 0.3) is 5.91 Å². The highest BCUT2D eigenvalue weighted by Crippen LogP contribution is 2.31. The van der Waals surface area contributed by atoms with E-state index in [4.69, 9.17) is 5.10 Å². The van der Waals surface area contributed by atoms with Crippen LogP contribution in [0.15, 0.2) is 54.7 Å². The van der Waals surface area contributed by atoms with Gasteiger partial charge in [0.2, 0.25) is 0 Å². The van der Waals surface area contributed by atoms with Crippen LogP contribution in [0.2, 0.25) is 0 Å².